The molecule has 2 aromatic carbocycles. The molecule has 0 aromatic heterocycles. The van der Waals surface area contributed by atoms with Gasteiger partial charge in [0, 0.05) is 25.3 Å². The first-order valence-electron chi connectivity index (χ1n) is 17.1. The minimum Gasteiger partial charge on any atom is -0.479 e. The number of carbonyl (C=O) groups is 5. The van der Waals surface area contributed by atoms with Crippen LogP contribution in [0.2, 0.25) is 0 Å². The number of urea groups is 1. The normalized spacial score (nSPS) is 27.3. The molecule has 1 saturated carbocycles. The number of anilines is 1. The number of para-hydroxylation sites is 1. The van der Waals surface area contributed by atoms with E-state index >= 15 is 0 Å². The number of nitrogens with one attached hydrogen (secondary N) is 3. The summed E-state index contributed by atoms with van der Waals surface area (Å²) >= 11 is 0. The number of benzene rings is 2. The lowest BCUT2D eigenvalue weighted by atomic mass is 9.86. The van der Waals surface area contributed by atoms with Crippen LogP contribution >= 0.6 is 0 Å². The lowest BCUT2D eigenvalue weighted by Crippen LogP contribution is -2.60. The Labute approximate surface area is 291 Å². The molecule has 2 aliphatic heterocycles. The summed E-state index contributed by atoms with van der Waals surface area (Å²) in [6.07, 6.45) is 1.17. The van der Waals surface area contributed by atoms with E-state index in [1.54, 1.807) is 25.7 Å². The van der Waals surface area contributed by atoms with E-state index in [0.29, 0.717) is 13.0 Å². The summed E-state index contributed by atoms with van der Waals surface area (Å²) in [5.74, 6) is -2.92. The number of carboxylic acid groups (broad SMARTS) is 1. The van der Waals surface area contributed by atoms with E-state index in [4.69, 9.17) is 4.74 Å². The van der Waals surface area contributed by atoms with E-state index in [1.165, 1.54) is 11.0 Å². The van der Waals surface area contributed by atoms with E-state index in [9.17, 15) is 34.2 Å². The Kier molecular flexibility index (Phi) is 9.38. The average Bonchev–Trinajstić information content (AvgIpc) is 3.49. The first kappa shape index (κ1) is 34.9. The van der Waals surface area contributed by atoms with Gasteiger partial charge in [-0.3, -0.25) is 14.5 Å². The summed E-state index contributed by atoms with van der Waals surface area (Å²) in [4.78, 5) is 70.1. The van der Waals surface area contributed by atoms with E-state index in [0.717, 1.165) is 35.2 Å². The summed E-state index contributed by atoms with van der Waals surface area (Å²) < 4.78 is 5.90. The van der Waals surface area contributed by atoms with Gasteiger partial charge in [0.1, 0.15) is 23.7 Å². The lowest BCUT2D eigenvalue weighted by Gasteiger charge is -2.34. The Morgan fingerprint density at radius 3 is 2.44 bits per heavy atom. The third-order valence-electron chi connectivity index (χ3n) is 10.3. The van der Waals surface area contributed by atoms with Crippen molar-refractivity contribution in [2.75, 3.05) is 18.0 Å². The fraction of sp³-hybridized carbons (Fsp3) is 0.486. The maximum Gasteiger partial charge on any atom is 0.414 e. The molecule has 13 nitrogen and oxygen atoms in total. The number of likely N-dealkylation sites (tertiary alicyclic amines) is 1. The third-order valence-corrected chi connectivity index (χ3v) is 10.3. The van der Waals surface area contributed by atoms with Crippen molar-refractivity contribution in [3.05, 3.63) is 77.9 Å². The zero-order valence-electron chi connectivity index (χ0n) is 28.6. The smallest absolute Gasteiger partial charge is 0.414 e. The Morgan fingerprint density at radius 2 is 1.76 bits per heavy atom. The third kappa shape index (κ3) is 6.66. The van der Waals surface area contributed by atoms with E-state index in [1.807, 2.05) is 48.5 Å². The van der Waals surface area contributed by atoms with Crippen LogP contribution in [0.15, 0.2) is 61.2 Å². The number of hydrogen-bond donors (Lipinski definition) is 5. The van der Waals surface area contributed by atoms with Gasteiger partial charge in [-0.15, -0.1) is 6.58 Å². The number of fused-ring (bicyclic) bond motifs is 2. The van der Waals surface area contributed by atoms with Gasteiger partial charge >= 0.3 is 18.1 Å². The van der Waals surface area contributed by atoms with E-state index in [2.05, 4.69) is 22.5 Å². The molecule has 0 radical (unpaired) electrons. The lowest BCUT2D eigenvalue weighted by molar-refractivity contribution is -0.144. The van der Waals surface area contributed by atoms with Crippen molar-refractivity contribution >= 4 is 35.6 Å². The summed E-state index contributed by atoms with van der Waals surface area (Å²) in [6.45, 7) is 9.31. The molecule has 266 valence electrons. The minimum atomic E-state index is -1.54. The second-order valence-electron chi connectivity index (χ2n) is 14.8. The second kappa shape index (κ2) is 13.4. The largest absolute Gasteiger partial charge is 0.479 e. The van der Waals surface area contributed by atoms with Crippen molar-refractivity contribution in [1.29, 1.82) is 0 Å². The molecule has 0 bridgehead atoms. The Morgan fingerprint density at radius 1 is 1.06 bits per heavy atom. The van der Waals surface area contributed by atoms with Crippen LogP contribution in [0.1, 0.15) is 62.8 Å². The number of carboxylic acids is 1. The number of ether oxygens (including phenoxy) is 1. The summed E-state index contributed by atoms with van der Waals surface area (Å²) in [5.41, 5.74) is 1.14. The highest BCUT2D eigenvalue weighted by atomic mass is 16.6. The Bertz CT molecular complexity index is 1710. The number of aliphatic hydroxyl groups is 1. The number of aliphatic carboxylic acids is 1. The molecule has 1 saturated heterocycles. The molecule has 6 rings (SSSR count). The van der Waals surface area contributed by atoms with Crippen molar-refractivity contribution in [3.8, 4) is 0 Å². The van der Waals surface area contributed by atoms with Crippen LogP contribution < -0.4 is 20.9 Å². The van der Waals surface area contributed by atoms with Gasteiger partial charge in [0.25, 0.3) is 0 Å². The molecule has 13 heteroatoms. The van der Waals surface area contributed by atoms with Gasteiger partial charge in [-0.1, -0.05) is 69.3 Å². The van der Waals surface area contributed by atoms with Gasteiger partial charge < -0.3 is 35.8 Å². The van der Waals surface area contributed by atoms with Crippen LogP contribution in [0.3, 0.4) is 0 Å². The van der Waals surface area contributed by atoms with E-state index < -0.39 is 77.1 Å². The van der Waals surface area contributed by atoms with Crippen molar-refractivity contribution in [3.63, 3.8) is 0 Å². The molecule has 5 amide bonds. The standard InChI is InChI=1S/C37H45N5O8/c1-5-23-19-37(23,33(46)47)40-31(44)27-18-24(50-35(49)41-16-10-13-21-11-7-9-15-26(21)41)20-42(27)34(48)39-30(36(2,3)4)32(45)38-29-25-14-8-6-12-22(25)17-28(29)43/h5-9,11-12,14-15,23-24,27-30,43H,1,10,13,16-20H2,2-4H3,(H,38,45)(H,39,48)(H,40,44)(H,46,47)/t23?,24?,27?,28-,29+,30?,37?/m1/s1. The molecular weight excluding hydrogens is 642 g/mol. The number of aryl methyl sites for hydroxylation is 1. The molecule has 5 N–H and O–H groups in total. The van der Waals surface area contributed by atoms with Crippen molar-refractivity contribution in [2.45, 2.75) is 88.7 Å². The van der Waals surface area contributed by atoms with Crippen LogP contribution in [-0.2, 0) is 32.0 Å². The predicted molar refractivity (Wildman–Crippen MR) is 183 cm³/mol. The highest BCUT2D eigenvalue weighted by Gasteiger charge is 2.61. The molecule has 50 heavy (non-hydrogen) atoms. The monoisotopic (exact) mass is 687 g/mol. The molecule has 2 aliphatic carbocycles. The molecule has 4 aliphatic rings. The van der Waals surface area contributed by atoms with Gasteiger partial charge in [-0.25, -0.2) is 14.4 Å². The van der Waals surface area contributed by atoms with Gasteiger partial charge in [0.15, 0.2) is 0 Å². The van der Waals surface area contributed by atoms with Gasteiger partial charge in [0.05, 0.1) is 24.4 Å². The molecule has 0 spiro atoms. The number of carbonyl (C=O) groups excluding carboxylic acids is 4. The van der Waals surface area contributed by atoms with Crippen molar-refractivity contribution < 1.29 is 38.9 Å². The Hall–Kier alpha value is -4.91. The molecule has 2 heterocycles. The summed E-state index contributed by atoms with van der Waals surface area (Å²) in [6, 6.07) is 11.3. The second-order valence-corrected chi connectivity index (χ2v) is 14.8. The fourth-order valence-corrected chi connectivity index (χ4v) is 7.47. The van der Waals surface area contributed by atoms with Crippen LogP contribution in [0, 0.1) is 11.3 Å². The van der Waals surface area contributed by atoms with Gasteiger partial charge in [0.2, 0.25) is 11.8 Å². The average molecular weight is 688 g/mol. The summed E-state index contributed by atoms with van der Waals surface area (Å²) in [7, 11) is 0. The highest BCUT2D eigenvalue weighted by molar-refractivity contribution is 5.96. The van der Waals surface area contributed by atoms with Gasteiger partial charge in [-0.2, -0.15) is 0 Å². The van der Waals surface area contributed by atoms with Crippen LogP contribution in [0.4, 0.5) is 15.3 Å². The zero-order valence-corrected chi connectivity index (χ0v) is 28.6. The molecule has 5 unspecified atom stereocenters. The molecular formula is C37H45N5O8. The number of hydrogen-bond acceptors (Lipinski definition) is 7. The minimum absolute atomic E-state index is 0.0770. The van der Waals surface area contributed by atoms with Crippen molar-refractivity contribution in [2.24, 2.45) is 11.3 Å². The highest BCUT2D eigenvalue weighted by Crippen LogP contribution is 2.45. The van der Waals surface area contributed by atoms with E-state index in [-0.39, 0.29) is 19.4 Å². The number of nitrogens with zero attached hydrogens (tertiary/aromatic N) is 2. The van der Waals surface area contributed by atoms with Gasteiger partial charge in [-0.05, 0) is 47.4 Å². The first-order valence-corrected chi connectivity index (χ1v) is 17.1. The molecule has 2 aromatic rings. The SMILES string of the molecule is C=CC1CC1(NC(=O)C1CC(OC(=O)N2CCCc3ccccc32)CN1C(=O)NC(C(=O)N[C@H]1c2ccccc2C[C@H]1O)C(C)(C)C)C(=O)O. The number of rotatable bonds is 8. The topological polar surface area (TPSA) is 178 Å². The molecule has 2 fully saturated rings. The maximum atomic E-state index is 14.1. The Balaban J connectivity index is 1.21. The zero-order chi connectivity index (χ0) is 36.0. The quantitative estimate of drug-likeness (QED) is 0.263. The van der Waals surface area contributed by atoms with Crippen LogP contribution in [0.5, 0.6) is 0 Å². The van der Waals surface area contributed by atoms with Crippen LogP contribution in [-0.4, -0.2) is 87.9 Å². The first-order chi connectivity index (χ1) is 23.7. The number of amides is 5. The molecule has 7 atom stereocenters. The van der Waals surface area contributed by atoms with Crippen LogP contribution in [0.25, 0.3) is 0 Å². The van der Waals surface area contributed by atoms with Crippen molar-refractivity contribution in [1.82, 2.24) is 20.9 Å². The fourth-order valence-electron chi connectivity index (χ4n) is 7.47. The summed E-state index contributed by atoms with van der Waals surface area (Å²) in [5, 5.41) is 29.0. The maximum absolute atomic E-state index is 14.1. The number of aliphatic hydroxyl groups excluding tert-OH is 1. The predicted octanol–water partition coefficient (Wildman–Crippen LogP) is 3.06.